The first-order chi connectivity index (χ1) is 10.7. The molecule has 5 heteroatoms. The van der Waals surface area contributed by atoms with Crippen molar-refractivity contribution in [3.63, 3.8) is 0 Å². The summed E-state index contributed by atoms with van der Waals surface area (Å²) < 4.78 is 6.50. The van der Waals surface area contributed by atoms with Gasteiger partial charge in [0.15, 0.2) is 0 Å². The zero-order valence-electron chi connectivity index (χ0n) is 12.4. The van der Waals surface area contributed by atoms with Crippen molar-refractivity contribution in [2.24, 2.45) is 5.92 Å². The number of carbonyl (C=O) groups excluding carboxylic acids is 1. The largest absolute Gasteiger partial charge is 0.415 e. The molecule has 1 aromatic carbocycles. The number of hydrogen-bond donors (Lipinski definition) is 0. The Hall–Kier alpha value is -0.930. The lowest BCUT2D eigenvalue weighted by Gasteiger charge is -2.28. The number of alkyl halides is 1. The molecule has 22 heavy (non-hydrogen) atoms. The first-order valence-electron chi connectivity index (χ1n) is 7.45. The Morgan fingerprint density at radius 1 is 1.32 bits per heavy atom. The summed E-state index contributed by atoms with van der Waals surface area (Å²) in [4.78, 5) is 13.8. The van der Waals surface area contributed by atoms with E-state index in [1.54, 1.807) is 29.2 Å². The molecule has 0 aromatic heterocycles. The zero-order valence-corrected chi connectivity index (χ0v) is 15.3. The molecule has 1 amide bonds. The first kappa shape index (κ1) is 17.4. The molecule has 0 atom stereocenters. The second-order valence-electron chi connectivity index (χ2n) is 5.20. The smallest absolute Gasteiger partial charge is 0.410 e. The summed E-state index contributed by atoms with van der Waals surface area (Å²) in [5, 5.41) is 0.627. The SMILES string of the molecule is O=C(Oc1ccc(Cl)cc1)N1CCC(C#CCCCI)CC1. The van der Waals surface area contributed by atoms with Crippen LogP contribution in [0.3, 0.4) is 0 Å². The Bertz CT molecular complexity index is 542. The third kappa shape index (κ3) is 5.69. The highest BCUT2D eigenvalue weighted by molar-refractivity contribution is 14.1. The summed E-state index contributed by atoms with van der Waals surface area (Å²) >= 11 is 8.18. The van der Waals surface area contributed by atoms with Gasteiger partial charge in [-0.15, -0.1) is 5.92 Å². The van der Waals surface area contributed by atoms with Crippen LogP contribution in [0.25, 0.3) is 0 Å². The Morgan fingerprint density at radius 3 is 2.64 bits per heavy atom. The van der Waals surface area contributed by atoms with Gasteiger partial charge < -0.3 is 9.64 Å². The lowest BCUT2D eigenvalue weighted by Crippen LogP contribution is -2.39. The number of ether oxygens (including phenoxy) is 1. The van der Waals surface area contributed by atoms with Crippen molar-refractivity contribution in [3.8, 4) is 17.6 Å². The Morgan fingerprint density at radius 2 is 2.00 bits per heavy atom. The number of halogens is 2. The highest BCUT2D eigenvalue weighted by Crippen LogP contribution is 2.20. The average molecular weight is 432 g/mol. The first-order valence-corrected chi connectivity index (χ1v) is 9.36. The summed E-state index contributed by atoms with van der Waals surface area (Å²) in [5.41, 5.74) is 0. The molecule has 1 aromatic rings. The van der Waals surface area contributed by atoms with Crippen LogP contribution in [0, 0.1) is 17.8 Å². The minimum atomic E-state index is -0.293. The highest BCUT2D eigenvalue weighted by Gasteiger charge is 2.23. The molecule has 0 radical (unpaired) electrons. The fourth-order valence-corrected chi connectivity index (χ4v) is 2.75. The summed E-state index contributed by atoms with van der Waals surface area (Å²) in [5.74, 6) is 7.50. The fourth-order valence-electron chi connectivity index (χ4n) is 2.25. The number of amides is 1. The standard InChI is InChI=1S/C17H19ClINO2/c18-15-5-7-16(8-6-15)22-17(21)20-12-9-14(10-13-20)4-2-1-3-11-19/h5-8,14H,1,3,9-13H2. The van der Waals surface area contributed by atoms with E-state index in [2.05, 4.69) is 34.4 Å². The molecular weight excluding hydrogens is 413 g/mol. The van der Waals surface area contributed by atoms with Crippen LogP contribution in [-0.2, 0) is 0 Å². The van der Waals surface area contributed by atoms with Crippen LogP contribution >= 0.6 is 34.2 Å². The molecule has 0 bridgehead atoms. The van der Waals surface area contributed by atoms with E-state index in [0.29, 0.717) is 29.8 Å². The van der Waals surface area contributed by atoms with Gasteiger partial charge in [0.1, 0.15) is 5.75 Å². The van der Waals surface area contributed by atoms with E-state index in [9.17, 15) is 4.79 Å². The number of nitrogens with zero attached hydrogens (tertiary/aromatic N) is 1. The Balaban J connectivity index is 1.77. The van der Waals surface area contributed by atoms with Crippen LogP contribution in [0.5, 0.6) is 5.75 Å². The van der Waals surface area contributed by atoms with E-state index in [0.717, 1.165) is 30.1 Å². The predicted octanol–water partition coefficient (Wildman–Crippen LogP) is 4.77. The number of hydrogen-bond acceptors (Lipinski definition) is 2. The molecule has 0 spiro atoms. The van der Waals surface area contributed by atoms with Gasteiger partial charge in [0.05, 0.1) is 0 Å². The summed E-state index contributed by atoms with van der Waals surface area (Å²) in [6.45, 7) is 1.41. The lowest BCUT2D eigenvalue weighted by atomic mass is 9.97. The molecule has 1 aliphatic rings. The van der Waals surface area contributed by atoms with Gasteiger partial charge in [-0.1, -0.05) is 40.1 Å². The highest BCUT2D eigenvalue weighted by atomic mass is 127. The van der Waals surface area contributed by atoms with Crippen molar-refractivity contribution in [2.75, 3.05) is 17.5 Å². The van der Waals surface area contributed by atoms with E-state index in [1.165, 1.54) is 0 Å². The van der Waals surface area contributed by atoms with Crippen molar-refractivity contribution in [2.45, 2.75) is 25.7 Å². The molecular formula is C17H19ClINO2. The van der Waals surface area contributed by atoms with Crippen LogP contribution in [0.2, 0.25) is 5.02 Å². The predicted molar refractivity (Wildman–Crippen MR) is 97.7 cm³/mol. The summed E-state index contributed by atoms with van der Waals surface area (Å²) in [7, 11) is 0. The van der Waals surface area contributed by atoms with Crippen LogP contribution in [-0.4, -0.2) is 28.5 Å². The molecule has 1 fully saturated rings. The van der Waals surface area contributed by atoms with Crippen molar-refractivity contribution < 1.29 is 9.53 Å². The monoisotopic (exact) mass is 431 g/mol. The van der Waals surface area contributed by atoms with E-state index in [4.69, 9.17) is 16.3 Å². The second kappa shape index (κ2) is 9.26. The van der Waals surface area contributed by atoms with Crippen molar-refractivity contribution >= 4 is 40.3 Å². The van der Waals surface area contributed by atoms with E-state index >= 15 is 0 Å². The Kier molecular flexibility index (Phi) is 7.34. The number of rotatable bonds is 3. The van der Waals surface area contributed by atoms with Gasteiger partial charge in [-0.05, 0) is 43.5 Å². The molecule has 0 N–H and O–H groups in total. The third-order valence-electron chi connectivity index (χ3n) is 3.51. The van der Waals surface area contributed by atoms with Gasteiger partial charge >= 0.3 is 6.09 Å². The number of unbranched alkanes of at least 4 members (excludes halogenated alkanes) is 1. The van der Waals surface area contributed by atoms with Gasteiger partial charge in [-0.3, -0.25) is 0 Å². The van der Waals surface area contributed by atoms with Gasteiger partial charge in [0.25, 0.3) is 0 Å². The van der Waals surface area contributed by atoms with E-state index in [-0.39, 0.29) is 6.09 Å². The van der Waals surface area contributed by atoms with Crippen LogP contribution in [0.1, 0.15) is 25.7 Å². The molecule has 0 unspecified atom stereocenters. The average Bonchev–Trinajstić information content (AvgIpc) is 2.54. The van der Waals surface area contributed by atoms with Crippen molar-refractivity contribution in [1.82, 2.24) is 4.90 Å². The molecule has 3 nitrogen and oxygen atoms in total. The van der Waals surface area contributed by atoms with Crippen molar-refractivity contribution in [3.05, 3.63) is 29.3 Å². The normalized spacial score (nSPS) is 15.1. The second-order valence-corrected chi connectivity index (χ2v) is 6.71. The number of piperidine rings is 1. The fraction of sp³-hybridized carbons (Fsp3) is 0.471. The van der Waals surface area contributed by atoms with Crippen LogP contribution < -0.4 is 4.74 Å². The molecule has 1 saturated heterocycles. The lowest BCUT2D eigenvalue weighted by molar-refractivity contribution is 0.137. The van der Waals surface area contributed by atoms with Gasteiger partial charge in [0.2, 0.25) is 0 Å². The number of carbonyl (C=O) groups is 1. The Labute approximate surface area is 150 Å². The van der Waals surface area contributed by atoms with E-state index in [1.807, 2.05) is 0 Å². The van der Waals surface area contributed by atoms with Gasteiger partial charge in [-0.25, -0.2) is 4.79 Å². The maximum absolute atomic E-state index is 12.1. The minimum Gasteiger partial charge on any atom is -0.410 e. The third-order valence-corrected chi connectivity index (χ3v) is 4.53. The molecule has 0 saturated carbocycles. The molecule has 1 heterocycles. The summed E-state index contributed by atoms with van der Waals surface area (Å²) in [6, 6.07) is 6.82. The molecule has 1 aliphatic heterocycles. The number of likely N-dealkylation sites (tertiary alicyclic amines) is 1. The van der Waals surface area contributed by atoms with Crippen LogP contribution in [0.4, 0.5) is 4.79 Å². The van der Waals surface area contributed by atoms with Crippen LogP contribution in [0.15, 0.2) is 24.3 Å². The number of benzene rings is 1. The molecule has 118 valence electrons. The van der Waals surface area contributed by atoms with Gasteiger partial charge in [0, 0.05) is 34.9 Å². The summed E-state index contributed by atoms with van der Waals surface area (Å²) in [6.07, 6.45) is 3.68. The maximum atomic E-state index is 12.1. The van der Waals surface area contributed by atoms with Gasteiger partial charge in [-0.2, -0.15) is 0 Å². The minimum absolute atomic E-state index is 0.293. The zero-order chi connectivity index (χ0) is 15.8. The molecule has 2 rings (SSSR count). The van der Waals surface area contributed by atoms with Crippen molar-refractivity contribution in [1.29, 1.82) is 0 Å². The molecule has 0 aliphatic carbocycles. The van der Waals surface area contributed by atoms with E-state index < -0.39 is 0 Å². The topological polar surface area (TPSA) is 29.5 Å². The quantitative estimate of drug-likeness (QED) is 0.299. The maximum Gasteiger partial charge on any atom is 0.415 e.